The fourth-order valence-corrected chi connectivity index (χ4v) is 1.22. The highest BCUT2D eigenvalue weighted by atomic mass is 16.2. The van der Waals surface area contributed by atoms with Crippen molar-refractivity contribution in [1.29, 1.82) is 0 Å². The van der Waals surface area contributed by atoms with Crippen molar-refractivity contribution in [2.24, 2.45) is 5.92 Å². The summed E-state index contributed by atoms with van der Waals surface area (Å²) in [6, 6.07) is 9.13. The van der Waals surface area contributed by atoms with E-state index in [9.17, 15) is 9.59 Å². The van der Waals surface area contributed by atoms with Gasteiger partial charge in [-0.15, -0.1) is 0 Å². The molecule has 1 aromatic carbocycles. The van der Waals surface area contributed by atoms with Crippen molar-refractivity contribution in [2.45, 2.75) is 20.3 Å². The van der Waals surface area contributed by atoms with Crippen LogP contribution in [0.3, 0.4) is 0 Å². The van der Waals surface area contributed by atoms with Crippen molar-refractivity contribution in [2.75, 3.05) is 5.32 Å². The summed E-state index contributed by atoms with van der Waals surface area (Å²) in [5.74, 6) is -0.855. The van der Waals surface area contributed by atoms with Gasteiger partial charge in [0.25, 0.3) is 0 Å². The van der Waals surface area contributed by atoms with Crippen molar-refractivity contribution in [3.05, 3.63) is 30.3 Å². The minimum Gasteiger partial charge on any atom is -0.325 e. The third-order valence-corrected chi connectivity index (χ3v) is 2.27. The molecule has 15 heavy (non-hydrogen) atoms. The maximum Gasteiger partial charge on any atom is 0.234 e. The fourth-order valence-electron chi connectivity index (χ4n) is 1.22. The van der Waals surface area contributed by atoms with Gasteiger partial charge < -0.3 is 5.32 Å². The number of para-hydroxylation sites is 1. The van der Waals surface area contributed by atoms with Gasteiger partial charge in [0.1, 0.15) is 5.78 Å². The molecule has 1 amide bonds. The highest BCUT2D eigenvalue weighted by Crippen LogP contribution is 2.09. The van der Waals surface area contributed by atoms with E-state index in [1.807, 2.05) is 18.2 Å². The molecule has 80 valence electrons. The molecule has 0 radical (unpaired) electrons. The first-order valence-corrected chi connectivity index (χ1v) is 5.03. The summed E-state index contributed by atoms with van der Waals surface area (Å²) in [7, 11) is 0. The monoisotopic (exact) mass is 205 g/mol. The van der Waals surface area contributed by atoms with E-state index in [0.717, 1.165) is 5.69 Å². The molecule has 0 spiro atoms. The van der Waals surface area contributed by atoms with Gasteiger partial charge in [-0.2, -0.15) is 0 Å². The van der Waals surface area contributed by atoms with E-state index in [2.05, 4.69) is 5.32 Å². The van der Waals surface area contributed by atoms with Crippen molar-refractivity contribution in [1.82, 2.24) is 0 Å². The van der Waals surface area contributed by atoms with Crippen LogP contribution < -0.4 is 5.32 Å². The van der Waals surface area contributed by atoms with Crippen LogP contribution in [0.5, 0.6) is 0 Å². The van der Waals surface area contributed by atoms with Crippen LogP contribution in [0, 0.1) is 5.92 Å². The molecule has 1 atom stereocenters. The first-order chi connectivity index (χ1) is 7.15. The number of hydrogen-bond acceptors (Lipinski definition) is 2. The second-order valence-corrected chi connectivity index (χ2v) is 3.40. The van der Waals surface area contributed by atoms with Crippen LogP contribution in [0.4, 0.5) is 5.69 Å². The molecule has 0 saturated heterocycles. The standard InChI is InChI=1S/C12H15NO2/c1-3-11(14)9(2)12(15)13-10-7-5-4-6-8-10/h4-9H,3H2,1-2H3,(H,13,15)/t9-/m0/s1. The molecule has 1 aromatic rings. The zero-order chi connectivity index (χ0) is 11.3. The molecule has 1 rings (SSSR count). The van der Waals surface area contributed by atoms with Crippen LogP contribution in [0.2, 0.25) is 0 Å². The van der Waals surface area contributed by atoms with Crippen molar-refractivity contribution >= 4 is 17.4 Å². The van der Waals surface area contributed by atoms with Crippen molar-refractivity contribution in [3.63, 3.8) is 0 Å². The lowest BCUT2D eigenvalue weighted by atomic mass is 10.0. The van der Waals surface area contributed by atoms with E-state index in [4.69, 9.17) is 0 Å². The van der Waals surface area contributed by atoms with E-state index in [-0.39, 0.29) is 11.7 Å². The molecule has 0 aliphatic carbocycles. The molecule has 3 nitrogen and oxygen atoms in total. The molecule has 3 heteroatoms. The smallest absolute Gasteiger partial charge is 0.234 e. The maximum absolute atomic E-state index is 11.6. The molecular formula is C12H15NO2. The van der Waals surface area contributed by atoms with Gasteiger partial charge in [0.05, 0.1) is 5.92 Å². The molecule has 0 aliphatic rings. The SMILES string of the molecule is CCC(=O)[C@H](C)C(=O)Nc1ccccc1. The lowest BCUT2D eigenvalue weighted by Crippen LogP contribution is -2.26. The predicted octanol–water partition coefficient (Wildman–Crippen LogP) is 2.24. The number of benzene rings is 1. The zero-order valence-electron chi connectivity index (χ0n) is 8.99. The number of nitrogens with one attached hydrogen (secondary N) is 1. The Morgan fingerprint density at radius 3 is 2.40 bits per heavy atom. The van der Waals surface area contributed by atoms with Crippen LogP contribution >= 0.6 is 0 Å². The first-order valence-electron chi connectivity index (χ1n) is 5.03. The van der Waals surface area contributed by atoms with Crippen molar-refractivity contribution in [3.8, 4) is 0 Å². The van der Waals surface area contributed by atoms with Crippen molar-refractivity contribution < 1.29 is 9.59 Å². The molecule has 0 aromatic heterocycles. The van der Waals surface area contributed by atoms with Gasteiger partial charge in [0.15, 0.2) is 0 Å². The Balaban J connectivity index is 2.60. The van der Waals surface area contributed by atoms with E-state index in [1.165, 1.54) is 0 Å². The van der Waals surface area contributed by atoms with E-state index in [0.29, 0.717) is 6.42 Å². The Hall–Kier alpha value is -1.64. The topological polar surface area (TPSA) is 46.2 Å². The van der Waals surface area contributed by atoms with Crippen LogP contribution in [-0.2, 0) is 9.59 Å². The summed E-state index contributed by atoms with van der Waals surface area (Å²) in [4.78, 5) is 22.9. The van der Waals surface area contributed by atoms with Gasteiger partial charge in [-0.1, -0.05) is 25.1 Å². The van der Waals surface area contributed by atoms with Gasteiger partial charge in [0.2, 0.25) is 5.91 Å². The Morgan fingerprint density at radius 1 is 1.27 bits per heavy atom. The second kappa shape index (κ2) is 5.29. The largest absolute Gasteiger partial charge is 0.325 e. The molecule has 1 N–H and O–H groups in total. The number of amides is 1. The minimum absolute atomic E-state index is 0.0385. The lowest BCUT2D eigenvalue weighted by molar-refractivity contribution is -0.130. The Morgan fingerprint density at radius 2 is 1.87 bits per heavy atom. The van der Waals surface area contributed by atoms with E-state index < -0.39 is 5.92 Å². The van der Waals surface area contributed by atoms with Crippen LogP contribution in [-0.4, -0.2) is 11.7 Å². The molecule has 0 fully saturated rings. The molecule has 0 aliphatic heterocycles. The number of Topliss-reactive ketones (excluding diaryl/α,β-unsaturated/α-hetero) is 1. The molecule has 0 saturated carbocycles. The zero-order valence-corrected chi connectivity index (χ0v) is 8.99. The highest BCUT2D eigenvalue weighted by Gasteiger charge is 2.19. The van der Waals surface area contributed by atoms with Crippen LogP contribution in [0.25, 0.3) is 0 Å². The number of hydrogen-bond donors (Lipinski definition) is 1. The Bertz CT molecular complexity index is 346. The average Bonchev–Trinajstić information content (AvgIpc) is 2.28. The highest BCUT2D eigenvalue weighted by molar-refractivity contribution is 6.06. The van der Waals surface area contributed by atoms with Crippen LogP contribution in [0.15, 0.2) is 30.3 Å². The third kappa shape index (κ3) is 3.20. The summed E-state index contributed by atoms with van der Waals surface area (Å²) in [6.07, 6.45) is 0.392. The lowest BCUT2D eigenvalue weighted by Gasteiger charge is -2.09. The van der Waals surface area contributed by atoms with Gasteiger partial charge >= 0.3 is 0 Å². The average molecular weight is 205 g/mol. The van der Waals surface area contributed by atoms with Gasteiger partial charge in [-0.3, -0.25) is 9.59 Å². The quantitative estimate of drug-likeness (QED) is 0.766. The number of ketones is 1. The van der Waals surface area contributed by atoms with Crippen LogP contribution in [0.1, 0.15) is 20.3 Å². The number of rotatable bonds is 4. The summed E-state index contributed by atoms with van der Waals surface area (Å²) < 4.78 is 0. The molecule has 0 unspecified atom stereocenters. The third-order valence-electron chi connectivity index (χ3n) is 2.27. The molecular weight excluding hydrogens is 190 g/mol. The van der Waals surface area contributed by atoms with E-state index >= 15 is 0 Å². The normalized spacial score (nSPS) is 11.9. The first kappa shape index (κ1) is 11.4. The number of carbonyl (C=O) groups is 2. The summed E-state index contributed by atoms with van der Waals surface area (Å²) in [6.45, 7) is 3.39. The molecule has 0 heterocycles. The second-order valence-electron chi connectivity index (χ2n) is 3.40. The summed E-state index contributed by atoms with van der Waals surface area (Å²) >= 11 is 0. The number of carbonyl (C=O) groups excluding carboxylic acids is 2. The summed E-state index contributed by atoms with van der Waals surface area (Å²) in [5, 5.41) is 2.70. The number of anilines is 1. The Labute approximate surface area is 89.5 Å². The minimum atomic E-state index is -0.574. The summed E-state index contributed by atoms with van der Waals surface area (Å²) in [5.41, 5.74) is 0.721. The van der Waals surface area contributed by atoms with Gasteiger partial charge in [-0.25, -0.2) is 0 Å². The molecule has 0 bridgehead atoms. The maximum atomic E-state index is 11.6. The fraction of sp³-hybridized carbons (Fsp3) is 0.333. The van der Waals surface area contributed by atoms with Gasteiger partial charge in [-0.05, 0) is 19.1 Å². The predicted molar refractivity (Wildman–Crippen MR) is 59.5 cm³/mol. The van der Waals surface area contributed by atoms with Gasteiger partial charge in [0, 0.05) is 12.1 Å². The van der Waals surface area contributed by atoms with E-state index in [1.54, 1.807) is 26.0 Å². The Kier molecular flexibility index (Phi) is 4.03.